The molecule has 0 aliphatic carbocycles. The highest BCUT2D eigenvalue weighted by molar-refractivity contribution is 7.46. The fraction of sp³-hybridized carbons (Fsp3) is 0.667. The molecule has 0 aromatic rings. The van der Waals surface area contributed by atoms with E-state index in [2.05, 4.69) is 15.8 Å². The highest BCUT2D eigenvalue weighted by atomic mass is 31.2. The molecule has 0 aliphatic rings. The van der Waals surface area contributed by atoms with Crippen molar-refractivity contribution in [3.8, 4) is 0 Å². The summed E-state index contributed by atoms with van der Waals surface area (Å²) >= 11 is 0. The Morgan fingerprint density at radius 3 is 2.56 bits per heavy atom. The first-order valence-electron chi connectivity index (χ1n) is 4.96. The molecule has 0 aliphatic heterocycles. The second kappa shape index (κ2) is 7.57. The summed E-state index contributed by atoms with van der Waals surface area (Å²) in [6, 6.07) is 0. The lowest BCUT2D eigenvalue weighted by Crippen LogP contribution is -2.19. The molecular formula is C9H17O6P. The zero-order valence-electron chi connectivity index (χ0n) is 9.16. The summed E-state index contributed by atoms with van der Waals surface area (Å²) in [7, 11) is -4.65. The third-order valence-electron chi connectivity index (χ3n) is 1.71. The lowest BCUT2D eigenvalue weighted by atomic mass is 10.2. The molecular weight excluding hydrogens is 235 g/mol. The molecule has 0 bridgehead atoms. The molecule has 2 N–H and O–H groups in total. The summed E-state index contributed by atoms with van der Waals surface area (Å²) in [4.78, 5) is 28.1. The Balaban J connectivity index is 4.21. The third-order valence-corrected chi connectivity index (χ3v) is 2.22. The maximum Gasteiger partial charge on any atom is 0.472 e. The molecule has 0 fully saturated rings. The van der Waals surface area contributed by atoms with Crippen molar-refractivity contribution in [3.63, 3.8) is 0 Å². The number of unbranched alkanes of at least 4 members (excludes halogenated alkanes) is 2. The average Bonchev–Trinajstić information content (AvgIpc) is 2.15. The average molecular weight is 252 g/mol. The van der Waals surface area contributed by atoms with Crippen LogP contribution in [-0.4, -0.2) is 22.0 Å². The first-order chi connectivity index (χ1) is 7.39. The van der Waals surface area contributed by atoms with Crippen LogP contribution in [0, 0.1) is 0 Å². The van der Waals surface area contributed by atoms with Crippen molar-refractivity contribution in [2.24, 2.45) is 0 Å². The Morgan fingerprint density at radius 1 is 1.50 bits per heavy atom. The number of phosphoric ester groups is 1. The molecule has 6 nitrogen and oxygen atoms in total. The van der Waals surface area contributed by atoms with Crippen molar-refractivity contribution >= 4 is 13.8 Å². The Kier molecular flexibility index (Phi) is 7.25. The van der Waals surface area contributed by atoms with Gasteiger partial charge in [0, 0.05) is 12.5 Å². The Hall–Kier alpha value is -0.680. The van der Waals surface area contributed by atoms with Crippen LogP contribution in [0.25, 0.3) is 0 Å². The van der Waals surface area contributed by atoms with E-state index in [1.165, 1.54) is 0 Å². The van der Waals surface area contributed by atoms with Crippen LogP contribution in [0.1, 0.15) is 32.6 Å². The molecule has 0 rings (SSSR count). The molecule has 1 unspecified atom stereocenters. The van der Waals surface area contributed by atoms with Crippen LogP contribution in [-0.2, 0) is 18.6 Å². The summed E-state index contributed by atoms with van der Waals surface area (Å²) in [6.45, 7) is 5.16. The summed E-state index contributed by atoms with van der Waals surface area (Å²) in [5.41, 5.74) is 0. The minimum Gasteiger partial charge on any atom is -0.432 e. The van der Waals surface area contributed by atoms with E-state index in [1.54, 1.807) is 0 Å². The van der Waals surface area contributed by atoms with Gasteiger partial charge in [0.15, 0.2) is 0 Å². The topological polar surface area (TPSA) is 93.1 Å². The van der Waals surface area contributed by atoms with E-state index in [-0.39, 0.29) is 6.42 Å². The third kappa shape index (κ3) is 8.61. The van der Waals surface area contributed by atoms with Gasteiger partial charge in [-0.3, -0.25) is 0 Å². The zero-order valence-corrected chi connectivity index (χ0v) is 10.1. The molecule has 0 aromatic heterocycles. The molecule has 0 aromatic carbocycles. The maximum absolute atomic E-state index is 10.9. The van der Waals surface area contributed by atoms with Crippen LogP contribution >= 0.6 is 7.82 Å². The Labute approximate surface area is 94.5 Å². The molecule has 0 saturated heterocycles. The van der Waals surface area contributed by atoms with Crippen molar-refractivity contribution in [3.05, 3.63) is 12.7 Å². The van der Waals surface area contributed by atoms with Gasteiger partial charge in [-0.05, 0) is 6.42 Å². The number of carbonyl (C=O) groups is 1. The zero-order chi connectivity index (χ0) is 12.6. The summed E-state index contributed by atoms with van der Waals surface area (Å²) in [5, 5.41) is 0. The van der Waals surface area contributed by atoms with Crippen LogP contribution in [0.15, 0.2) is 12.7 Å². The van der Waals surface area contributed by atoms with Crippen molar-refractivity contribution in [1.82, 2.24) is 0 Å². The second-order valence-electron chi connectivity index (χ2n) is 3.16. The van der Waals surface area contributed by atoms with Crippen molar-refractivity contribution in [2.45, 2.75) is 38.9 Å². The van der Waals surface area contributed by atoms with Crippen molar-refractivity contribution in [2.75, 3.05) is 0 Å². The van der Waals surface area contributed by atoms with Gasteiger partial charge in [0.05, 0.1) is 0 Å². The summed E-state index contributed by atoms with van der Waals surface area (Å²) < 4.78 is 19.6. The number of rotatable bonds is 8. The number of hydrogen-bond acceptors (Lipinski definition) is 4. The lowest BCUT2D eigenvalue weighted by molar-refractivity contribution is -0.160. The molecule has 94 valence electrons. The number of phosphoric acid groups is 1. The van der Waals surface area contributed by atoms with E-state index in [4.69, 9.17) is 9.79 Å². The summed E-state index contributed by atoms with van der Waals surface area (Å²) in [6.07, 6.45) is 2.41. The molecule has 16 heavy (non-hydrogen) atoms. The molecule has 1 atom stereocenters. The molecule has 0 spiro atoms. The van der Waals surface area contributed by atoms with Crippen LogP contribution < -0.4 is 0 Å². The van der Waals surface area contributed by atoms with E-state index in [0.717, 1.165) is 18.9 Å². The highest BCUT2D eigenvalue weighted by Crippen LogP contribution is 2.38. The van der Waals surface area contributed by atoms with Gasteiger partial charge in [-0.1, -0.05) is 26.3 Å². The monoisotopic (exact) mass is 252 g/mol. The van der Waals surface area contributed by atoms with Gasteiger partial charge in [-0.15, -0.1) is 0 Å². The standard InChI is InChI=1S/C9H17O6P/c1-3-5-6-7-9(14-8(10)4-2)15-16(11,12)13/h4,9H,2-3,5-7H2,1H3,(H2,11,12,13). The smallest absolute Gasteiger partial charge is 0.432 e. The van der Waals surface area contributed by atoms with Crippen molar-refractivity contribution in [1.29, 1.82) is 0 Å². The van der Waals surface area contributed by atoms with Gasteiger partial charge < -0.3 is 14.5 Å². The fourth-order valence-corrected chi connectivity index (χ4v) is 1.48. The van der Waals surface area contributed by atoms with Gasteiger partial charge in [-0.25, -0.2) is 13.9 Å². The first kappa shape index (κ1) is 15.3. The summed E-state index contributed by atoms with van der Waals surface area (Å²) in [5.74, 6) is -0.769. The number of ether oxygens (including phenoxy) is 1. The number of carbonyl (C=O) groups excluding carboxylic acids is 1. The van der Waals surface area contributed by atoms with Gasteiger partial charge in [-0.2, -0.15) is 0 Å². The molecule has 0 amide bonds. The number of esters is 1. The van der Waals surface area contributed by atoms with Gasteiger partial charge in [0.2, 0.25) is 6.29 Å². The van der Waals surface area contributed by atoms with Gasteiger partial charge >= 0.3 is 13.8 Å². The quantitative estimate of drug-likeness (QED) is 0.225. The van der Waals surface area contributed by atoms with Crippen molar-refractivity contribution < 1.29 is 28.4 Å². The van der Waals surface area contributed by atoms with Crippen LogP contribution in [0.4, 0.5) is 0 Å². The molecule has 0 radical (unpaired) electrons. The Bertz CT molecular complexity index is 271. The van der Waals surface area contributed by atoms with Crippen LogP contribution in [0.2, 0.25) is 0 Å². The Morgan fingerprint density at radius 2 is 2.12 bits per heavy atom. The molecule has 0 saturated carbocycles. The SMILES string of the molecule is C=CC(=O)OC(CCCCC)OP(=O)(O)O. The first-order valence-corrected chi connectivity index (χ1v) is 6.49. The predicted molar refractivity (Wildman–Crippen MR) is 57.3 cm³/mol. The van der Waals surface area contributed by atoms with E-state index >= 15 is 0 Å². The number of hydrogen-bond donors (Lipinski definition) is 2. The largest absolute Gasteiger partial charge is 0.472 e. The minimum absolute atomic E-state index is 0.249. The predicted octanol–water partition coefficient (Wildman–Crippen LogP) is 1.73. The minimum atomic E-state index is -4.65. The van der Waals surface area contributed by atoms with E-state index in [0.29, 0.717) is 6.42 Å². The van der Waals surface area contributed by atoms with Crippen LogP contribution in [0.3, 0.4) is 0 Å². The lowest BCUT2D eigenvalue weighted by Gasteiger charge is -2.17. The van der Waals surface area contributed by atoms with E-state index < -0.39 is 20.1 Å². The van der Waals surface area contributed by atoms with E-state index in [9.17, 15) is 9.36 Å². The fourth-order valence-electron chi connectivity index (χ4n) is 1.02. The molecule has 7 heteroatoms. The highest BCUT2D eigenvalue weighted by Gasteiger charge is 2.24. The molecule has 0 heterocycles. The maximum atomic E-state index is 10.9. The van der Waals surface area contributed by atoms with Gasteiger partial charge in [0.1, 0.15) is 0 Å². The second-order valence-corrected chi connectivity index (χ2v) is 4.35. The van der Waals surface area contributed by atoms with Crippen LogP contribution in [0.5, 0.6) is 0 Å². The van der Waals surface area contributed by atoms with E-state index in [1.807, 2.05) is 6.92 Å². The normalized spacial score (nSPS) is 13.2. The van der Waals surface area contributed by atoms with Gasteiger partial charge in [0.25, 0.3) is 0 Å².